The molecule has 0 radical (unpaired) electrons. The van der Waals surface area contributed by atoms with Crippen molar-refractivity contribution < 1.29 is 9.53 Å². The highest BCUT2D eigenvalue weighted by Gasteiger charge is 2.12. The Morgan fingerprint density at radius 3 is 2.69 bits per heavy atom. The number of carbonyl (C=O) groups is 1. The van der Waals surface area contributed by atoms with E-state index in [2.05, 4.69) is 17.4 Å². The third-order valence-electron chi connectivity index (χ3n) is 2.31. The van der Waals surface area contributed by atoms with Crippen LogP contribution >= 0.6 is 0 Å². The molecule has 3 nitrogen and oxygen atoms in total. The first kappa shape index (κ1) is 12.7. The van der Waals surface area contributed by atoms with Gasteiger partial charge in [0.15, 0.2) is 0 Å². The fourth-order valence-corrected chi connectivity index (χ4v) is 1.40. The van der Waals surface area contributed by atoms with Gasteiger partial charge in [-0.3, -0.25) is 4.79 Å². The lowest BCUT2D eigenvalue weighted by Gasteiger charge is -2.11. The van der Waals surface area contributed by atoms with Gasteiger partial charge in [-0.1, -0.05) is 37.3 Å². The van der Waals surface area contributed by atoms with Crippen molar-refractivity contribution in [2.24, 2.45) is 5.92 Å². The van der Waals surface area contributed by atoms with Crippen LogP contribution in [0.2, 0.25) is 0 Å². The minimum Gasteiger partial charge on any atom is -0.466 e. The van der Waals surface area contributed by atoms with Gasteiger partial charge >= 0.3 is 5.97 Å². The molecule has 1 aromatic rings. The summed E-state index contributed by atoms with van der Waals surface area (Å²) in [5.41, 5.74) is 1.22. The molecule has 0 aliphatic carbocycles. The normalized spacial score (nSPS) is 12.1. The molecule has 0 saturated heterocycles. The summed E-state index contributed by atoms with van der Waals surface area (Å²) >= 11 is 0. The van der Waals surface area contributed by atoms with Crippen LogP contribution in [-0.4, -0.2) is 19.1 Å². The van der Waals surface area contributed by atoms with Crippen LogP contribution in [0, 0.1) is 5.92 Å². The second kappa shape index (κ2) is 7.01. The number of benzene rings is 1. The molecule has 1 rings (SSSR count). The summed E-state index contributed by atoms with van der Waals surface area (Å²) in [6.45, 7) is 5.57. The second-order valence-corrected chi connectivity index (χ2v) is 3.77. The average molecular weight is 221 g/mol. The van der Waals surface area contributed by atoms with Crippen LogP contribution in [0.15, 0.2) is 30.3 Å². The lowest BCUT2D eigenvalue weighted by atomic mass is 10.1. The third-order valence-corrected chi connectivity index (χ3v) is 2.31. The van der Waals surface area contributed by atoms with E-state index in [0.717, 1.165) is 6.54 Å². The van der Waals surface area contributed by atoms with Crippen molar-refractivity contribution in [2.45, 2.75) is 20.4 Å². The predicted molar refractivity (Wildman–Crippen MR) is 63.9 cm³/mol. The second-order valence-electron chi connectivity index (χ2n) is 3.77. The lowest BCUT2D eigenvalue weighted by molar-refractivity contribution is -0.147. The van der Waals surface area contributed by atoms with E-state index in [1.54, 1.807) is 0 Å². The fraction of sp³-hybridized carbons (Fsp3) is 0.462. The van der Waals surface area contributed by atoms with Gasteiger partial charge in [0, 0.05) is 13.1 Å². The Kier molecular flexibility index (Phi) is 5.57. The Bertz CT molecular complexity index is 311. The molecule has 1 atom stereocenters. The minimum absolute atomic E-state index is 0.0938. The van der Waals surface area contributed by atoms with Gasteiger partial charge in [0.1, 0.15) is 0 Å². The Morgan fingerprint density at radius 2 is 2.06 bits per heavy atom. The van der Waals surface area contributed by atoms with Crippen LogP contribution in [0.5, 0.6) is 0 Å². The Balaban J connectivity index is 2.23. The molecule has 0 saturated carbocycles. The summed E-state index contributed by atoms with van der Waals surface area (Å²) < 4.78 is 4.93. The van der Waals surface area contributed by atoms with E-state index in [9.17, 15) is 4.79 Å². The molecule has 1 aromatic carbocycles. The van der Waals surface area contributed by atoms with Crippen molar-refractivity contribution in [1.82, 2.24) is 5.32 Å². The molecule has 0 amide bonds. The number of hydrogen-bond acceptors (Lipinski definition) is 3. The highest BCUT2D eigenvalue weighted by molar-refractivity contribution is 5.72. The van der Waals surface area contributed by atoms with Crippen LogP contribution in [-0.2, 0) is 16.1 Å². The monoisotopic (exact) mass is 221 g/mol. The quantitative estimate of drug-likeness (QED) is 0.746. The number of rotatable bonds is 6. The summed E-state index contributed by atoms with van der Waals surface area (Å²) in [6, 6.07) is 10.1. The summed E-state index contributed by atoms with van der Waals surface area (Å²) in [7, 11) is 0. The molecule has 0 aliphatic heterocycles. The molecule has 0 aromatic heterocycles. The number of carbonyl (C=O) groups excluding carboxylic acids is 1. The van der Waals surface area contributed by atoms with Gasteiger partial charge in [0.25, 0.3) is 0 Å². The zero-order chi connectivity index (χ0) is 11.8. The van der Waals surface area contributed by atoms with Gasteiger partial charge in [-0.15, -0.1) is 0 Å². The van der Waals surface area contributed by atoms with E-state index >= 15 is 0 Å². The van der Waals surface area contributed by atoms with Gasteiger partial charge in [-0.2, -0.15) is 0 Å². The number of hydrogen-bond donors (Lipinski definition) is 1. The zero-order valence-electron chi connectivity index (χ0n) is 9.90. The van der Waals surface area contributed by atoms with Crippen LogP contribution in [0.4, 0.5) is 0 Å². The summed E-state index contributed by atoms with van der Waals surface area (Å²) in [5.74, 6) is -0.230. The first-order valence-electron chi connectivity index (χ1n) is 5.65. The largest absolute Gasteiger partial charge is 0.466 e. The molecule has 0 fully saturated rings. The lowest BCUT2D eigenvalue weighted by Crippen LogP contribution is -2.27. The predicted octanol–water partition coefficient (Wildman–Crippen LogP) is 1.98. The Morgan fingerprint density at radius 1 is 1.38 bits per heavy atom. The maximum atomic E-state index is 11.3. The highest BCUT2D eigenvalue weighted by Crippen LogP contribution is 2.00. The third kappa shape index (κ3) is 4.45. The molecule has 16 heavy (non-hydrogen) atoms. The van der Waals surface area contributed by atoms with Crippen molar-refractivity contribution >= 4 is 5.97 Å². The van der Waals surface area contributed by atoms with Crippen LogP contribution in [0.3, 0.4) is 0 Å². The highest BCUT2D eigenvalue weighted by atomic mass is 16.5. The summed E-state index contributed by atoms with van der Waals surface area (Å²) in [5, 5.41) is 3.24. The standard InChI is InChI=1S/C13H19NO2/c1-3-16-13(15)11(2)9-14-10-12-7-5-4-6-8-12/h4-8,11,14H,3,9-10H2,1-2H3. The first-order chi connectivity index (χ1) is 7.74. The van der Waals surface area contributed by atoms with Crippen molar-refractivity contribution in [3.8, 4) is 0 Å². The topological polar surface area (TPSA) is 38.3 Å². The molecular formula is C13H19NO2. The number of nitrogens with one attached hydrogen (secondary N) is 1. The fourth-order valence-electron chi connectivity index (χ4n) is 1.40. The smallest absolute Gasteiger partial charge is 0.309 e. The number of esters is 1. The van der Waals surface area contributed by atoms with Gasteiger partial charge in [-0.05, 0) is 12.5 Å². The van der Waals surface area contributed by atoms with E-state index in [0.29, 0.717) is 13.2 Å². The summed E-state index contributed by atoms with van der Waals surface area (Å²) in [6.07, 6.45) is 0. The maximum Gasteiger partial charge on any atom is 0.309 e. The van der Waals surface area contributed by atoms with E-state index in [4.69, 9.17) is 4.74 Å². The molecule has 1 unspecified atom stereocenters. The Labute approximate surface area is 96.8 Å². The molecule has 0 heterocycles. The Hall–Kier alpha value is -1.35. The zero-order valence-corrected chi connectivity index (χ0v) is 9.90. The SMILES string of the molecule is CCOC(=O)C(C)CNCc1ccccc1. The molecule has 0 bridgehead atoms. The molecule has 1 N–H and O–H groups in total. The maximum absolute atomic E-state index is 11.3. The van der Waals surface area contributed by atoms with Gasteiger partial charge in [0.05, 0.1) is 12.5 Å². The van der Waals surface area contributed by atoms with Crippen LogP contribution < -0.4 is 5.32 Å². The van der Waals surface area contributed by atoms with E-state index in [-0.39, 0.29) is 11.9 Å². The first-order valence-corrected chi connectivity index (χ1v) is 5.65. The van der Waals surface area contributed by atoms with E-state index in [1.807, 2.05) is 32.0 Å². The molecule has 88 valence electrons. The molecule has 0 aliphatic rings. The van der Waals surface area contributed by atoms with Crippen molar-refractivity contribution in [1.29, 1.82) is 0 Å². The van der Waals surface area contributed by atoms with E-state index in [1.165, 1.54) is 5.56 Å². The van der Waals surface area contributed by atoms with Crippen LogP contribution in [0.25, 0.3) is 0 Å². The molecular weight excluding hydrogens is 202 g/mol. The minimum atomic E-state index is -0.136. The van der Waals surface area contributed by atoms with Gasteiger partial charge < -0.3 is 10.1 Å². The average Bonchev–Trinajstić information content (AvgIpc) is 2.30. The molecule has 3 heteroatoms. The van der Waals surface area contributed by atoms with Crippen molar-refractivity contribution in [3.63, 3.8) is 0 Å². The van der Waals surface area contributed by atoms with Gasteiger partial charge in [-0.25, -0.2) is 0 Å². The van der Waals surface area contributed by atoms with Gasteiger partial charge in [0.2, 0.25) is 0 Å². The van der Waals surface area contributed by atoms with Crippen LogP contribution in [0.1, 0.15) is 19.4 Å². The summed E-state index contributed by atoms with van der Waals surface area (Å²) in [4.78, 5) is 11.3. The van der Waals surface area contributed by atoms with Crippen molar-refractivity contribution in [2.75, 3.05) is 13.2 Å². The number of ether oxygens (including phenoxy) is 1. The van der Waals surface area contributed by atoms with Crippen molar-refractivity contribution in [3.05, 3.63) is 35.9 Å². The molecule has 0 spiro atoms. The van der Waals surface area contributed by atoms with E-state index < -0.39 is 0 Å².